The molecule has 2 N–H and O–H groups in total. The maximum Gasteiger partial charge on any atom is 0.241 e. The first kappa shape index (κ1) is 18.0. The molecule has 0 aromatic heterocycles. The molecule has 0 saturated heterocycles. The van der Waals surface area contributed by atoms with Crippen LogP contribution in [0.1, 0.15) is 19.4 Å². The molecule has 0 saturated carbocycles. The monoisotopic (exact) mass is 317 g/mol. The number of sulfonamides is 1. The smallest absolute Gasteiger partial charge is 0.241 e. The average Bonchev–Trinajstić information content (AvgIpc) is 2.39. The minimum Gasteiger partial charge on any atom is -0.316 e. The molecule has 7 heteroatoms. The van der Waals surface area contributed by atoms with Gasteiger partial charge in [0.25, 0.3) is 0 Å². The SMILES string of the molecule is CNCc1ccc(F)cc1S(=O)(=O)NCC(C)(C)N(C)C. The molecule has 0 fully saturated rings. The van der Waals surface area contributed by atoms with E-state index in [2.05, 4.69) is 10.0 Å². The Morgan fingerprint density at radius 2 is 1.90 bits per heavy atom. The summed E-state index contributed by atoms with van der Waals surface area (Å²) in [4.78, 5) is 1.90. The lowest BCUT2D eigenvalue weighted by Gasteiger charge is -2.32. The molecule has 0 bridgehead atoms. The van der Waals surface area contributed by atoms with Gasteiger partial charge < -0.3 is 10.2 Å². The Labute approximate surface area is 126 Å². The fourth-order valence-electron chi connectivity index (χ4n) is 1.62. The number of nitrogens with one attached hydrogen (secondary N) is 2. The summed E-state index contributed by atoms with van der Waals surface area (Å²) in [5.41, 5.74) is 0.192. The van der Waals surface area contributed by atoms with E-state index in [1.807, 2.05) is 32.8 Å². The summed E-state index contributed by atoms with van der Waals surface area (Å²) in [6, 6.07) is 3.80. The van der Waals surface area contributed by atoms with Gasteiger partial charge in [-0.2, -0.15) is 0 Å². The van der Waals surface area contributed by atoms with E-state index in [1.165, 1.54) is 12.1 Å². The number of halogens is 1. The predicted octanol–water partition coefficient (Wildman–Crippen LogP) is 1.16. The quantitative estimate of drug-likeness (QED) is 0.792. The van der Waals surface area contributed by atoms with Gasteiger partial charge in [-0.15, -0.1) is 0 Å². The van der Waals surface area contributed by atoms with Crippen molar-refractivity contribution in [1.82, 2.24) is 14.9 Å². The molecular weight excluding hydrogens is 293 g/mol. The molecule has 0 unspecified atom stereocenters. The van der Waals surface area contributed by atoms with Gasteiger partial charge in [-0.3, -0.25) is 0 Å². The minimum atomic E-state index is -3.76. The van der Waals surface area contributed by atoms with E-state index >= 15 is 0 Å². The Kier molecular flexibility index (Phi) is 5.86. The van der Waals surface area contributed by atoms with Crippen molar-refractivity contribution in [3.05, 3.63) is 29.6 Å². The second kappa shape index (κ2) is 6.83. The fourth-order valence-corrected chi connectivity index (χ4v) is 3.07. The van der Waals surface area contributed by atoms with Gasteiger partial charge in [-0.05, 0) is 52.7 Å². The highest BCUT2D eigenvalue weighted by atomic mass is 32.2. The van der Waals surface area contributed by atoms with Gasteiger partial charge in [0, 0.05) is 18.6 Å². The minimum absolute atomic E-state index is 0.0218. The Morgan fingerprint density at radius 3 is 2.43 bits per heavy atom. The van der Waals surface area contributed by atoms with Crippen molar-refractivity contribution >= 4 is 10.0 Å². The Balaban J connectivity index is 3.05. The largest absolute Gasteiger partial charge is 0.316 e. The molecule has 0 aliphatic carbocycles. The van der Waals surface area contributed by atoms with Crippen molar-refractivity contribution in [2.24, 2.45) is 0 Å². The van der Waals surface area contributed by atoms with Crippen LogP contribution in [0.15, 0.2) is 23.1 Å². The summed E-state index contributed by atoms with van der Waals surface area (Å²) in [6.07, 6.45) is 0. The Hall–Kier alpha value is -1.02. The first-order valence-electron chi connectivity index (χ1n) is 6.70. The number of nitrogens with zero attached hydrogens (tertiary/aromatic N) is 1. The number of hydrogen-bond donors (Lipinski definition) is 2. The van der Waals surface area contributed by atoms with Crippen molar-refractivity contribution in [3.8, 4) is 0 Å². The third-order valence-electron chi connectivity index (χ3n) is 3.59. The first-order valence-corrected chi connectivity index (χ1v) is 8.18. The molecule has 1 aromatic carbocycles. The van der Waals surface area contributed by atoms with Crippen LogP contribution in [0.4, 0.5) is 4.39 Å². The molecule has 0 aliphatic rings. The normalized spacial score (nSPS) is 12.9. The highest BCUT2D eigenvalue weighted by Gasteiger charge is 2.25. The van der Waals surface area contributed by atoms with Gasteiger partial charge in [0.1, 0.15) is 5.82 Å². The summed E-state index contributed by atoms with van der Waals surface area (Å²) in [7, 11) is 1.71. The third kappa shape index (κ3) is 4.74. The topological polar surface area (TPSA) is 61.4 Å². The Morgan fingerprint density at radius 1 is 1.29 bits per heavy atom. The van der Waals surface area contributed by atoms with Crippen LogP contribution in [0, 0.1) is 5.82 Å². The van der Waals surface area contributed by atoms with Crippen molar-refractivity contribution in [3.63, 3.8) is 0 Å². The van der Waals surface area contributed by atoms with Crippen LogP contribution in [-0.2, 0) is 16.6 Å². The van der Waals surface area contributed by atoms with E-state index in [9.17, 15) is 12.8 Å². The second-order valence-corrected chi connectivity index (χ2v) is 7.55. The standard InChI is InChI=1S/C14H24FN3O2S/c1-14(2,18(4)5)10-17-21(19,20)13-8-12(15)7-6-11(13)9-16-3/h6-8,16-17H,9-10H2,1-5H3. The van der Waals surface area contributed by atoms with E-state index in [0.717, 1.165) is 6.07 Å². The highest BCUT2D eigenvalue weighted by Crippen LogP contribution is 2.18. The van der Waals surface area contributed by atoms with Gasteiger partial charge in [-0.1, -0.05) is 6.07 Å². The van der Waals surface area contributed by atoms with Gasteiger partial charge in [-0.25, -0.2) is 17.5 Å². The van der Waals surface area contributed by atoms with Crippen LogP contribution in [0.3, 0.4) is 0 Å². The van der Waals surface area contributed by atoms with Crippen LogP contribution in [0.5, 0.6) is 0 Å². The van der Waals surface area contributed by atoms with Crippen molar-refractivity contribution in [1.29, 1.82) is 0 Å². The van der Waals surface area contributed by atoms with Crippen molar-refractivity contribution in [2.75, 3.05) is 27.7 Å². The summed E-state index contributed by atoms with van der Waals surface area (Å²) < 4.78 is 40.8. The van der Waals surface area contributed by atoms with Gasteiger partial charge in [0.05, 0.1) is 4.90 Å². The maximum absolute atomic E-state index is 13.4. The van der Waals surface area contributed by atoms with Crippen molar-refractivity contribution in [2.45, 2.75) is 30.8 Å². The molecular formula is C14H24FN3O2S. The highest BCUT2D eigenvalue weighted by molar-refractivity contribution is 7.89. The summed E-state index contributed by atoms with van der Waals surface area (Å²) in [6.45, 7) is 4.44. The van der Waals surface area contributed by atoms with Crippen LogP contribution < -0.4 is 10.0 Å². The number of likely N-dealkylation sites (N-methyl/N-ethyl adjacent to an activating group) is 1. The number of hydrogen-bond acceptors (Lipinski definition) is 4. The zero-order chi connectivity index (χ0) is 16.3. The molecule has 1 rings (SSSR count). The molecule has 0 radical (unpaired) electrons. The molecule has 120 valence electrons. The summed E-state index contributed by atoms with van der Waals surface area (Å²) in [5.74, 6) is -0.568. The lowest BCUT2D eigenvalue weighted by molar-refractivity contribution is 0.199. The van der Waals surface area contributed by atoms with Crippen LogP contribution >= 0.6 is 0 Å². The van der Waals surface area contributed by atoms with E-state index in [0.29, 0.717) is 12.1 Å². The first-order chi connectivity index (χ1) is 9.60. The van der Waals surface area contributed by atoms with E-state index in [4.69, 9.17) is 0 Å². The van der Waals surface area contributed by atoms with E-state index < -0.39 is 15.8 Å². The van der Waals surface area contributed by atoms with Gasteiger partial charge in [0.15, 0.2) is 0 Å². The molecule has 0 atom stereocenters. The van der Waals surface area contributed by atoms with Crippen LogP contribution in [-0.4, -0.2) is 46.5 Å². The van der Waals surface area contributed by atoms with E-state index in [-0.39, 0.29) is 17.0 Å². The molecule has 0 spiro atoms. The average molecular weight is 317 g/mol. The third-order valence-corrected chi connectivity index (χ3v) is 5.07. The molecule has 0 amide bonds. The zero-order valence-electron chi connectivity index (χ0n) is 13.2. The summed E-state index contributed by atoms with van der Waals surface area (Å²) >= 11 is 0. The maximum atomic E-state index is 13.4. The van der Waals surface area contributed by atoms with Crippen LogP contribution in [0.25, 0.3) is 0 Å². The van der Waals surface area contributed by atoms with Gasteiger partial charge in [0.2, 0.25) is 10.0 Å². The summed E-state index contributed by atoms with van der Waals surface area (Å²) in [5, 5.41) is 2.88. The molecule has 0 aliphatic heterocycles. The zero-order valence-corrected chi connectivity index (χ0v) is 14.0. The number of rotatable bonds is 7. The molecule has 1 aromatic rings. The van der Waals surface area contributed by atoms with Gasteiger partial charge >= 0.3 is 0 Å². The molecule has 0 heterocycles. The number of benzene rings is 1. The molecule has 21 heavy (non-hydrogen) atoms. The lowest BCUT2D eigenvalue weighted by Crippen LogP contribution is -2.48. The predicted molar refractivity (Wildman–Crippen MR) is 82.1 cm³/mol. The fraction of sp³-hybridized carbons (Fsp3) is 0.571. The lowest BCUT2D eigenvalue weighted by atomic mass is 10.1. The molecule has 5 nitrogen and oxygen atoms in total. The van der Waals surface area contributed by atoms with Crippen molar-refractivity contribution < 1.29 is 12.8 Å². The Bertz CT molecular complexity index is 586. The second-order valence-electron chi connectivity index (χ2n) is 5.81. The van der Waals surface area contributed by atoms with E-state index in [1.54, 1.807) is 7.05 Å². The van der Waals surface area contributed by atoms with Crippen LogP contribution in [0.2, 0.25) is 0 Å².